The lowest BCUT2D eigenvalue weighted by molar-refractivity contribution is -0.153. The normalized spacial score (nSPS) is 11.0. The lowest BCUT2D eigenvalue weighted by Crippen LogP contribution is -2.24. The Balaban J connectivity index is 2.62. The van der Waals surface area contributed by atoms with Crippen LogP contribution in [0.3, 0.4) is 0 Å². The van der Waals surface area contributed by atoms with Gasteiger partial charge in [0.15, 0.2) is 0 Å². The molecule has 0 atom stereocenters. The van der Waals surface area contributed by atoms with Crippen LogP contribution >= 0.6 is 0 Å². The maximum Gasteiger partial charge on any atom is 0.310 e. The predicted octanol–water partition coefficient (Wildman–Crippen LogP) is 2.37. The van der Waals surface area contributed by atoms with Crippen molar-refractivity contribution in [2.24, 2.45) is 0 Å². The Morgan fingerprint density at radius 1 is 1.44 bits per heavy atom. The van der Waals surface area contributed by atoms with E-state index in [9.17, 15) is 4.79 Å². The Bertz CT molecular complexity index is 369. The second-order valence-corrected chi connectivity index (χ2v) is 4.58. The summed E-state index contributed by atoms with van der Waals surface area (Å²) in [5.74, 6) is -0.275. The second kappa shape index (κ2) is 4.99. The van der Waals surface area contributed by atoms with Crippen molar-refractivity contribution in [2.45, 2.75) is 32.8 Å². The van der Waals surface area contributed by atoms with Gasteiger partial charge < -0.3 is 4.74 Å². The average Bonchev–Trinajstić information content (AvgIpc) is 2.15. The first-order chi connectivity index (χ1) is 7.40. The summed E-state index contributed by atoms with van der Waals surface area (Å²) in [5.41, 5.74) is 2.92. The van der Waals surface area contributed by atoms with Crippen LogP contribution in [-0.4, -0.2) is 16.8 Å². The minimum atomic E-state index is -0.468. The molecule has 0 fully saturated rings. The van der Waals surface area contributed by atoms with Crippen molar-refractivity contribution < 1.29 is 14.7 Å². The Morgan fingerprint density at radius 2 is 2.12 bits per heavy atom. The molecule has 0 aliphatic rings. The average molecular weight is 223 g/mol. The summed E-state index contributed by atoms with van der Waals surface area (Å²) in [6, 6.07) is 6.98. The van der Waals surface area contributed by atoms with E-state index in [0.29, 0.717) is 5.69 Å². The molecule has 2 N–H and O–H groups in total. The zero-order valence-electron chi connectivity index (χ0n) is 9.78. The van der Waals surface area contributed by atoms with Crippen molar-refractivity contribution in [1.29, 1.82) is 0 Å². The number of hydrogen-bond donors (Lipinski definition) is 2. The van der Waals surface area contributed by atoms with Gasteiger partial charge >= 0.3 is 5.97 Å². The van der Waals surface area contributed by atoms with Crippen molar-refractivity contribution in [1.82, 2.24) is 0 Å². The molecule has 0 aliphatic carbocycles. The van der Waals surface area contributed by atoms with E-state index in [1.165, 1.54) is 0 Å². The first-order valence-corrected chi connectivity index (χ1v) is 5.11. The van der Waals surface area contributed by atoms with Gasteiger partial charge in [-0.1, -0.05) is 12.1 Å². The van der Waals surface area contributed by atoms with E-state index in [0.717, 1.165) is 5.56 Å². The molecule has 1 aromatic rings. The first-order valence-electron chi connectivity index (χ1n) is 5.11. The van der Waals surface area contributed by atoms with E-state index < -0.39 is 5.60 Å². The third-order valence-electron chi connectivity index (χ3n) is 1.82. The number of rotatable bonds is 3. The molecule has 4 nitrogen and oxygen atoms in total. The van der Waals surface area contributed by atoms with Gasteiger partial charge in [0.1, 0.15) is 5.60 Å². The van der Waals surface area contributed by atoms with Crippen LogP contribution in [0.2, 0.25) is 0 Å². The molecule has 16 heavy (non-hydrogen) atoms. The van der Waals surface area contributed by atoms with Crippen molar-refractivity contribution in [3.8, 4) is 0 Å². The topological polar surface area (TPSA) is 58.6 Å². The number of carbonyl (C=O) groups is 1. The van der Waals surface area contributed by atoms with E-state index in [-0.39, 0.29) is 12.4 Å². The van der Waals surface area contributed by atoms with Crippen molar-refractivity contribution in [2.75, 3.05) is 5.48 Å². The third-order valence-corrected chi connectivity index (χ3v) is 1.82. The highest BCUT2D eigenvalue weighted by Gasteiger charge is 2.16. The molecule has 4 heteroatoms. The highest BCUT2D eigenvalue weighted by molar-refractivity contribution is 5.73. The van der Waals surface area contributed by atoms with E-state index >= 15 is 0 Å². The minimum absolute atomic E-state index is 0.201. The number of carbonyl (C=O) groups excluding carboxylic acids is 1. The van der Waals surface area contributed by atoms with Crippen LogP contribution in [0.15, 0.2) is 24.3 Å². The number of nitrogens with one attached hydrogen (secondary N) is 1. The summed E-state index contributed by atoms with van der Waals surface area (Å²) in [5, 5.41) is 8.72. The fourth-order valence-electron chi connectivity index (χ4n) is 1.30. The first kappa shape index (κ1) is 12.5. The molecule has 0 aliphatic heterocycles. The largest absolute Gasteiger partial charge is 0.460 e. The summed E-state index contributed by atoms with van der Waals surface area (Å²) < 4.78 is 5.19. The van der Waals surface area contributed by atoms with E-state index in [1.807, 2.05) is 32.3 Å². The Labute approximate surface area is 95.2 Å². The van der Waals surface area contributed by atoms with E-state index in [4.69, 9.17) is 9.94 Å². The number of benzene rings is 1. The van der Waals surface area contributed by atoms with Crippen LogP contribution in [0.5, 0.6) is 0 Å². The SMILES string of the molecule is CC(C)(C)OC(=O)Cc1cccc(NO)c1. The maximum absolute atomic E-state index is 11.5. The Hall–Kier alpha value is -1.55. The quantitative estimate of drug-likeness (QED) is 0.610. The molecular formula is C12H17NO3. The van der Waals surface area contributed by atoms with E-state index in [1.54, 1.807) is 18.2 Å². The summed E-state index contributed by atoms with van der Waals surface area (Å²) in [6.07, 6.45) is 0.201. The fourth-order valence-corrected chi connectivity index (χ4v) is 1.30. The number of anilines is 1. The zero-order valence-corrected chi connectivity index (χ0v) is 9.78. The van der Waals surface area contributed by atoms with E-state index in [2.05, 4.69) is 0 Å². The highest BCUT2D eigenvalue weighted by atomic mass is 16.6. The molecule has 0 aromatic heterocycles. The molecular weight excluding hydrogens is 206 g/mol. The molecule has 1 aromatic carbocycles. The second-order valence-electron chi connectivity index (χ2n) is 4.58. The van der Waals surface area contributed by atoms with Crippen LogP contribution in [0.4, 0.5) is 5.69 Å². The monoisotopic (exact) mass is 223 g/mol. The molecule has 88 valence electrons. The van der Waals surface area contributed by atoms with Gasteiger partial charge in [-0.2, -0.15) is 0 Å². The molecule has 0 unspecified atom stereocenters. The summed E-state index contributed by atoms with van der Waals surface area (Å²) in [7, 11) is 0. The zero-order chi connectivity index (χ0) is 12.2. The van der Waals surface area contributed by atoms with Crippen molar-refractivity contribution in [3.63, 3.8) is 0 Å². The molecule has 0 heterocycles. The van der Waals surface area contributed by atoms with Crippen LogP contribution in [0, 0.1) is 0 Å². The summed E-state index contributed by atoms with van der Waals surface area (Å²) >= 11 is 0. The number of ether oxygens (including phenoxy) is 1. The molecule has 0 spiro atoms. The van der Waals surface area contributed by atoms with Gasteiger partial charge in [-0.05, 0) is 38.5 Å². The van der Waals surface area contributed by atoms with Gasteiger partial charge in [0, 0.05) is 0 Å². The van der Waals surface area contributed by atoms with Crippen LogP contribution in [-0.2, 0) is 16.0 Å². The Kier molecular flexibility index (Phi) is 3.90. The summed E-state index contributed by atoms with van der Waals surface area (Å²) in [6.45, 7) is 5.49. The Morgan fingerprint density at radius 3 is 2.69 bits per heavy atom. The summed E-state index contributed by atoms with van der Waals surface area (Å²) in [4.78, 5) is 11.5. The van der Waals surface area contributed by atoms with Gasteiger partial charge in [0.05, 0.1) is 12.1 Å². The van der Waals surface area contributed by atoms with Gasteiger partial charge in [-0.25, -0.2) is 0 Å². The molecule has 0 bridgehead atoms. The molecule has 0 radical (unpaired) electrons. The fraction of sp³-hybridized carbons (Fsp3) is 0.417. The lowest BCUT2D eigenvalue weighted by Gasteiger charge is -2.19. The van der Waals surface area contributed by atoms with Crippen LogP contribution in [0.1, 0.15) is 26.3 Å². The van der Waals surface area contributed by atoms with Crippen LogP contribution < -0.4 is 5.48 Å². The molecule has 0 saturated carbocycles. The molecule has 1 rings (SSSR count). The van der Waals surface area contributed by atoms with Crippen LogP contribution in [0.25, 0.3) is 0 Å². The smallest absolute Gasteiger partial charge is 0.310 e. The minimum Gasteiger partial charge on any atom is -0.460 e. The van der Waals surface area contributed by atoms with Gasteiger partial charge in [-0.15, -0.1) is 0 Å². The number of esters is 1. The van der Waals surface area contributed by atoms with Crippen molar-refractivity contribution in [3.05, 3.63) is 29.8 Å². The molecule has 0 saturated heterocycles. The highest BCUT2D eigenvalue weighted by Crippen LogP contribution is 2.13. The molecule has 0 amide bonds. The predicted molar refractivity (Wildman–Crippen MR) is 61.4 cm³/mol. The van der Waals surface area contributed by atoms with Gasteiger partial charge in [0.2, 0.25) is 0 Å². The maximum atomic E-state index is 11.5. The van der Waals surface area contributed by atoms with Crippen molar-refractivity contribution >= 4 is 11.7 Å². The lowest BCUT2D eigenvalue weighted by atomic mass is 10.1. The van der Waals surface area contributed by atoms with Gasteiger partial charge in [-0.3, -0.25) is 15.5 Å². The standard InChI is InChI=1S/C12H17NO3/c1-12(2,3)16-11(14)8-9-5-4-6-10(7-9)13-15/h4-7,13,15H,8H2,1-3H3. The third kappa shape index (κ3) is 4.31. The number of hydrogen-bond acceptors (Lipinski definition) is 4. The van der Waals surface area contributed by atoms with Gasteiger partial charge in [0.25, 0.3) is 0 Å².